The molecule has 124 valence electrons. The topological polar surface area (TPSA) is 37.4 Å². The smallest absolute Gasteiger partial charge is 0.254 e. The zero-order valence-electron chi connectivity index (χ0n) is 14.1. The fourth-order valence-corrected chi connectivity index (χ4v) is 5.12. The molecule has 0 fully saturated rings. The molecular weight excluding hydrogens is 318 g/mol. The van der Waals surface area contributed by atoms with Crippen LogP contribution in [0.5, 0.6) is 0 Å². The van der Waals surface area contributed by atoms with Crippen molar-refractivity contribution in [3.05, 3.63) is 56.6 Å². The molecule has 0 atom stereocenters. The highest BCUT2D eigenvalue weighted by Gasteiger charge is 2.28. The summed E-state index contributed by atoms with van der Waals surface area (Å²) in [7, 11) is 0. The van der Waals surface area contributed by atoms with Crippen molar-refractivity contribution in [3.63, 3.8) is 0 Å². The molecule has 0 saturated carbocycles. The minimum Gasteiger partial charge on any atom is -0.331 e. The summed E-state index contributed by atoms with van der Waals surface area (Å²) in [6, 6.07) is 5.55. The predicted molar refractivity (Wildman–Crippen MR) is 98.9 cm³/mol. The third-order valence-corrected chi connectivity index (χ3v) is 6.31. The minimum atomic E-state index is 0.0413. The van der Waals surface area contributed by atoms with E-state index in [1.807, 2.05) is 29.2 Å². The highest BCUT2D eigenvalue weighted by molar-refractivity contribution is 7.18. The SMILES string of the molecule is CC1(C)CCc2c(sc3cc(C(=O)N4CC=CC4)ccc3c2=O)C1. The molecule has 1 aliphatic heterocycles. The standard InChI is InChI=1S/C20H21NO2S/c1-20(2)8-7-15-17(12-20)24-16-11-13(5-6-14(16)18(15)22)19(23)21-9-3-4-10-21/h3-6,11H,7-10,12H2,1-2H3. The van der Waals surface area contributed by atoms with E-state index in [2.05, 4.69) is 13.8 Å². The van der Waals surface area contributed by atoms with Crippen molar-refractivity contribution >= 4 is 27.3 Å². The van der Waals surface area contributed by atoms with Crippen LogP contribution >= 0.6 is 11.3 Å². The third-order valence-electron chi connectivity index (χ3n) is 5.11. The first-order chi connectivity index (χ1) is 11.4. The van der Waals surface area contributed by atoms with Gasteiger partial charge in [-0.05, 0) is 42.9 Å². The third kappa shape index (κ3) is 2.59. The average molecular weight is 339 g/mol. The van der Waals surface area contributed by atoms with Crippen molar-refractivity contribution in [2.24, 2.45) is 5.41 Å². The summed E-state index contributed by atoms with van der Waals surface area (Å²) in [6.45, 7) is 5.87. The Morgan fingerprint density at radius 1 is 1.21 bits per heavy atom. The lowest BCUT2D eigenvalue weighted by Crippen LogP contribution is -2.28. The molecular formula is C20H21NO2S. The maximum Gasteiger partial charge on any atom is 0.254 e. The lowest BCUT2D eigenvalue weighted by atomic mass is 9.77. The summed E-state index contributed by atoms with van der Waals surface area (Å²) in [5, 5.41) is 0.759. The number of nitrogens with zero attached hydrogens (tertiary/aromatic N) is 1. The number of rotatable bonds is 1. The Labute approximate surface area is 145 Å². The number of fused-ring (bicyclic) bond motifs is 2. The second-order valence-electron chi connectivity index (χ2n) is 7.57. The van der Waals surface area contributed by atoms with Crippen molar-refractivity contribution in [1.29, 1.82) is 0 Å². The Bertz CT molecular complexity index is 915. The number of benzene rings is 1. The van der Waals surface area contributed by atoms with E-state index < -0.39 is 0 Å². The maximum absolute atomic E-state index is 12.8. The molecule has 4 rings (SSSR count). The summed E-state index contributed by atoms with van der Waals surface area (Å²) in [5.41, 5.74) is 2.08. The lowest BCUT2D eigenvalue weighted by Gasteiger charge is -2.30. The van der Waals surface area contributed by atoms with Gasteiger partial charge >= 0.3 is 0 Å². The minimum absolute atomic E-state index is 0.0413. The van der Waals surface area contributed by atoms with Gasteiger partial charge in [0.1, 0.15) is 0 Å². The molecule has 4 heteroatoms. The number of amides is 1. The van der Waals surface area contributed by atoms with Crippen LogP contribution < -0.4 is 5.43 Å². The Morgan fingerprint density at radius 3 is 2.71 bits per heavy atom. The van der Waals surface area contributed by atoms with Crippen LogP contribution in [0.2, 0.25) is 0 Å². The van der Waals surface area contributed by atoms with E-state index in [1.54, 1.807) is 17.4 Å². The zero-order chi connectivity index (χ0) is 16.9. The molecule has 0 unspecified atom stereocenters. The quantitative estimate of drug-likeness (QED) is 0.741. The largest absolute Gasteiger partial charge is 0.331 e. The monoisotopic (exact) mass is 339 g/mol. The van der Waals surface area contributed by atoms with Crippen molar-refractivity contribution in [2.45, 2.75) is 33.1 Å². The summed E-state index contributed by atoms with van der Waals surface area (Å²) in [6.07, 6.45) is 6.90. The first-order valence-corrected chi connectivity index (χ1v) is 9.29. The average Bonchev–Trinajstić information content (AvgIpc) is 3.07. The van der Waals surface area contributed by atoms with Crippen LogP contribution in [-0.4, -0.2) is 23.9 Å². The van der Waals surface area contributed by atoms with Gasteiger partial charge in [0.2, 0.25) is 0 Å². The molecule has 1 amide bonds. The van der Waals surface area contributed by atoms with Gasteiger partial charge in [0.15, 0.2) is 5.43 Å². The van der Waals surface area contributed by atoms with Crippen molar-refractivity contribution in [1.82, 2.24) is 4.90 Å². The van der Waals surface area contributed by atoms with Crippen LogP contribution in [0.3, 0.4) is 0 Å². The van der Waals surface area contributed by atoms with E-state index in [1.165, 1.54) is 4.88 Å². The van der Waals surface area contributed by atoms with Crippen molar-refractivity contribution < 1.29 is 4.79 Å². The maximum atomic E-state index is 12.8. The summed E-state index contributed by atoms with van der Waals surface area (Å²) in [5.74, 6) is 0.0413. The molecule has 1 aliphatic carbocycles. The molecule has 2 heterocycles. The first-order valence-electron chi connectivity index (χ1n) is 8.47. The first kappa shape index (κ1) is 15.6. The van der Waals surface area contributed by atoms with E-state index >= 15 is 0 Å². The normalized spacial score (nSPS) is 18.8. The van der Waals surface area contributed by atoms with Gasteiger partial charge in [-0.3, -0.25) is 9.59 Å². The number of hydrogen-bond acceptors (Lipinski definition) is 3. The van der Waals surface area contributed by atoms with E-state index in [-0.39, 0.29) is 16.8 Å². The molecule has 2 aliphatic rings. The van der Waals surface area contributed by atoms with Crippen LogP contribution in [-0.2, 0) is 12.8 Å². The molecule has 0 N–H and O–H groups in total. The molecule has 0 spiro atoms. The molecule has 0 radical (unpaired) electrons. The Kier molecular flexibility index (Phi) is 3.61. The van der Waals surface area contributed by atoms with Crippen LogP contribution in [0.25, 0.3) is 10.1 Å². The second-order valence-corrected chi connectivity index (χ2v) is 8.70. The molecule has 2 aromatic rings. The second kappa shape index (κ2) is 5.55. The predicted octanol–water partition coefficient (Wildman–Crippen LogP) is 3.79. The molecule has 0 bridgehead atoms. The van der Waals surface area contributed by atoms with Crippen molar-refractivity contribution in [3.8, 4) is 0 Å². The number of hydrogen-bond donors (Lipinski definition) is 0. The van der Waals surface area contributed by atoms with Gasteiger partial charge in [0, 0.05) is 39.2 Å². The fourth-order valence-electron chi connectivity index (χ4n) is 3.62. The van der Waals surface area contributed by atoms with Crippen molar-refractivity contribution in [2.75, 3.05) is 13.1 Å². The molecule has 1 aromatic carbocycles. The number of carbonyl (C=O) groups excluding carboxylic acids is 1. The number of carbonyl (C=O) groups is 1. The van der Waals surface area contributed by atoms with Crippen LogP contribution in [0.4, 0.5) is 0 Å². The fraction of sp³-hybridized carbons (Fsp3) is 0.400. The zero-order valence-corrected chi connectivity index (χ0v) is 14.9. The Morgan fingerprint density at radius 2 is 1.96 bits per heavy atom. The van der Waals surface area contributed by atoms with Crippen LogP contribution in [0, 0.1) is 5.41 Å². The molecule has 0 saturated heterocycles. The molecule has 24 heavy (non-hydrogen) atoms. The Balaban J connectivity index is 1.79. The summed E-state index contributed by atoms with van der Waals surface area (Å²) >= 11 is 1.69. The van der Waals surface area contributed by atoms with Crippen LogP contribution in [0.1, 0.15) is 41.1 Å². The highest BCUT2D eigenvalue weighted by Crippen LogP contribution is 2.37. The van der Waals surface area contributed by atoms with Gasteiger partial charge in [-0.25, -0.2) is 0 Å². The van der Waals surface area contributed by atoms with Gasteiger partial charge in [-0.1, -0.05) is 26.0 Å². The van der Waals surface area contributed by atoms with E-state index in [0.717, 1.165) is 34.9 Å². The van der Waals surface area contributed by atoms with E-state index in [0.29, 0.717) is 18.7 Å². The van der Waals surface area contributed by atoms with Gasteiger partial charge in [0.25, 0.3) is 5.91 Å². The summed E-state index contributed by atoms with van der Waals surface area (Å²) in [4.78, 5) is 28.4. The van der Waals surface area contributed by atoms with Gasteiger partial charge < -0.3 is 4.90 Å². The highest BCUT2D eigenvalue weighted by atomic mass is 32.1. The molecule has 3 nitrogen and oxygen atoms in total. The lowest BCUT2D eigenvalue weighted by molar-refractivity contribution is 0.0800. The van der Waals surface area contributed by atoms with E-state index in [9.17, 15) is 9.59 Å². The van der Waals surface area contributed by atoms with Gasteiger partial charge in [-0.15, -0.1) is 11.3 Å². The summed E-state index contributed by atoms with van der Waals surface area (Å²) < 4.78 is 0.939. The Hall–Kier alpha value is -1.94. The van der Waals surface area contributed by atoms with Gasteiger partial charge in [-0.2, -0.15) is 0 Å². The van der Waals surface area contributed by atoms with E-state index in [4.69, 9.17) is 0 Å². The molecule has 1 aromatic heterocycles. The van der Waals surface area contributed by atoms with Crippen LogP contribution in [0.15, 0.2) is 35.1 Å². The van der Waals surface area contributed by atoms with Gasteiger partial charge in [0.05, 0.1) is 0 Å².